The highest BCUT2D eigenvalue weighted by Crippen LogP contribution is 2.28. The number of hydrogen-bond donors (Lipinski definition) is 0. The van der Waals surface area contributed by atoms with E-state index in [-0.39, 0.29) is 22.8 Å². The Balaban J connectivity index is 2.02. The molecule has 0 spiro atoms. The van der Waals surface area contributed by atoms with E-state index in [0.717, 1.165) is 21.5 Å². The Labute approximate surface area is 136 Å². The van der Waals surface area contributed by atoms with Crippen LogP contribution in [-0.4, -0.2) is 34.5 Å². The zero-order valence-corrected chi connectivity index (χ0v) is 14.6. The molecule has 0 amide bonds. The Hall–Kier alpha value is -0.660. The van der Waals surface area contributed by atoms with Gasteiger partial charge in [-0.3, -0.25) is 0 Å². The minimum atomic E-state index is -2.89. The molecule has 114 valence electrons. The van der Waals surface area contributed by atoms with Gasteiger partial charge in [-0.2, -0.15) is 0 Å². The van der Waals surface area contributed by atoms with Gasteiger partial charge in [0.2, 0.25) is 0 Å². The van der Waals surface area contributed by atoms with E-state index in [1.807, 2.05) is 17.6 Å². The quantitative estimate of drug-likeness (QED) is 0.753. The minimum Gasteiger partial charge on any atom is -0.311 e. The van der Waals surface area contributed by atoms with Gasteiger partial charge in [0.05, 0.1) is 16.9 Å². The van der Waals surface area contributed by atoms with Crippen molar-refractivity contribution in [3.63, 3.8) is 0 Å². The lowest BCUT2D eigenvalue weighted by atomic mass is 10.1. The average molecular weight is 393 g/mol. The number of halogens is 2. The zero-order chi connectivity index (χ0) is 15.2. The molecule has 5 nitrogen and oxygen atoms in total. The van der Waals surface area contributed by atoms with Crippen molar-refractivity contribution in [2.45, 2.75) is 25.3 Å². The van der Waals surface area contributed by atoms with E-state index in [1.54, 1.807) is 6.20 Å². The predicted molar refractivity (Wildman–Crippen MR) is 86.3 cm³/mol. The van der Waals surface area contributed by atoms with Crippen LogP contribution in [0.4, 0.5) is 0 Å². The van der Waals surface area contributed by atoms with Gasteiger partial charge in [0.15, 0.2) is 15.5 Å². The van der Waals surface area contributed by atoms with Gasteiger partial charge in [-0.15, -0.1) is 11.6 Å². The van der Waals surface area contributed by atoms with Gasteiger partial charge in [0.1, 0.15) is 11.3 Å². The van der Waals surface area contributed by atoms with Crippen LogP contribution in [0, 0.1) is 5.92 Å². The highest BCUT2D eigenvalue weighted by Gasteiger charge is 2.29. The van der Waals surface area contributed by atoms with Crippen molar-refractivity contribution >= 4 is 48.5 Å². The summed E-state index contributed by atoms with van der Waals surface area (Å²) in [6, 6.07) is 1.90. The van der Waals surface area contributed by atoms with Crippen LogP contribution in [0.25, 0.3) is 11.2 Å². The number of hydrogen-bond acceptors (Lipinski definition) is 4. The van der Waals surface area contributed by atoms with Crippen molar-refractivity contribution < 1.29 is 8.42 Å². The van der Waals surface area contributed by atoms with Gasteiger partial charge in [0, 0.05) is 17.2 Å². The smallest absolute Gasteiger partial charge is 0.160 e. The molecule has 0 saturated carbocycles. The molecule has 2 aromatic heterocycles. The molecule has 0 radical (unpaired) electrons. The number of sulfone groups is 1. The molecule has 1 fully saturated rings. The molecule has 21 heavy (non-hydrogen) atoms. The van der Waals surface area contributed by atoms with E-state index < -0.39 is 9.84 Å². The van der Waals surface area contributed by atoms with Crippen molar-refractivity contribution in [1.82, 2.24) is 14.5 Å². The highest BCUT2D eigenvalue weighted by molar-refractivity contribution is 9.10. The first-order valence-electron chi connectivity index (χ1n) is 6.72. The van der Waals surface area contributed by atoms with Crippen LogP contribution >= 0.6 is 27.5 Å². The lowest BCUT2D eigenvalue weighted by Crippen LogP contribution is -2.15. The second-order valence-electron chi connectivity index (χ2n) is 5.46. The Morgan fingerprint density at radius 1 is 1.57 bits per heavy atom. The molecule has 3 rings (SSSR count). The van der Waals surface area contributed by atoms with Gasteiger partial charge >= 0.3 is 0 Å². The van der Waals surface area contributed by atoms with Crippen molar-refractivity contribution in [2.24, 2.45) is 5.92 Å². The third kappa shape index (κ3) is 3.10. The fraction of sp³-hybridized carbons (Fsp3) is 0.538. The van der Waals surface area contributed by atoms with E-state index in [2.05, 4.69) is 25.9 Å². The number of imidazole rings is 1. The lowest BCUT2D eigenvalue weighted by Gasteiger charge is -2.13. The fourth-order valence-electron chi connectivity index (χ4n) is 2.76. The molecule has 1 aliphatic rings. The molecule has 3 heterocycles. The Morgan fingerprint density at radius 3 is 2.95 bits per heavy atom. The summed E-state index contributed by atoms with van der Waals surface area (Å²) < 4.78 is 26.1. The number of fused-ring (bicyclic) bond motifs is 1. The Morgan fingerprint density at radius 2 is 2.33 bits per heavy atom. The van der Waals surface area contributed by atoms with Crippen molar-refractivity contribution in [1.29, 1.82) is 0 Å². The lowest BCUT2D eigenvalue weighted by molar-refractivity contribution is 0.484. The van der Waals surface area contributed by atoms with Crippen molar-refractivity contribution in [2.75, 3.05) is 11.5 Å². The maximum absolute atomic E-state index is 11.6. The zero-order valence-electron chi connectivity index (χ0n) is 11.5. The first-order chi connectivity index (χ1) is 9.85. The number of pyridine rings is 1. The van der Waals surface area contributed by atoms with E-state index in [0.29, 0.717) is 13.0 Å². The summed E-state index contributed by atoms with van der Waals surface area (Å²) in [5.41, 5.74) is 1.53. The summed E-state index contributed by atoms with van der Waals surface area (Å²) in [5, 5.41) is -0.254. The Bertz CT molecular complexity index is 788. The second-order valence-corrected chi connectivity index (χ2v) is 9.26. The SMILES string of the molecule is CC(Cl)c1nc2cc(Br)cnc2n1CC1CCS(=O)(=O)C1. The molecule has 0 aliphatic carbocycles. The number of rotatable bonds is 3. The normalized spacial score (nSPS) is 22.7. The Kier molecular flexibility index (Phi) is 4.00. The minimum absolute atomic E-state index is 0.104. The van der Waals surface area contributed by atoms with E-state index in [9.17, 15) is 8.42 Å². The predicted octanol–water partition coefficient (Wildman–Crippen LogP) is 2.93. The average Bonchev–Trinajstić information content (AvgIpc) is 2.90. The summed E-state index contributed by atoms with van der Waals surface area (Å²) in [5.74, 6) is 1.35. The van der Waals surface area contributed by atoms with Gasteiger partial charge < -0.3 is 4.57 Å². The molecule has 8 heteroatoms. The summed E-state index contributed by atoms with van der Waals surface area (Å²) in [6.07, 6.45) is 2.41. The van der Waals surface area contributed by atoms with Crippen LogP contribution in [0.2, 0.25) is 0 Å². The molecular formula is C13H15BrClN3O2S. The van der Waals surface area contributed by atoms with Crippen LogP contribution in [0.5, 0.6) is 0 Å². The van der Waals surface area contributed by atoms with Gasteiger partial charge in [0.25, 0.3) is 0 Å². The van der Waals surface area contributed by atoms with Crippen LogP contribution in [0.1, 0.15) is 24.5 Å². The molecule has 1 aliphatic heterocycles. The topological polar surface area (TPSA) is 64.8 Å². The number of alkyl halides is 1. The third-order valence-electron chi connectivity index (χ3n) is 3.70. The van der Waals surface area contributed by atoms with E-state index in [4.69, 9.17) is 11.6 Å². The van der Waals surface area contributed by atoms with Crippen molar-refractivity contribution in [3.8, 4) is 0 Å². The second kappa shape index (κ2) is 5.52. The molecule has 2 atom stereocenters. The molecule has 0 bridgehead atoms. The highest BCUT2D eigenvalue weighted by atomic mass is 79.9. The van der Waals surface area contributed by atoms with Crippen LogP contribution in [0.15, 0.2) is 16.7 Å². The van der Waals surface area contributed by atoms with E-state index in [1.165, 1.54) is 0 Å². The van der Waals surface area contributed by atoms with Crippen LogP contribution in [-0.2, 0) is 16.4 Å². The summed E-state index contributed by atoms with van der Waals surface area (Å²) in [7, 11) is -2.89. The summed E-state index contributed by atoms with van der Waals surface area (Å²) >= 11 is 9.60. The molecular weight excluding hydrogens is 378 g/mol. The van der Waals surface area contributed by atoms with Crippen LogP contribution in [0.3, 0.4) is 0 Å². The fourth-order valence-corrected chi connectivity index (χ4v) is 5.10. The number of nitrogens with zero attached hydrogens (tertiary/aromatic N) is 3. The van der Waals surface area contributed by atoms with Crippen molar-refractivity contribution in [3.05, 3.63) is 22.6 Å². The van der Waals surface area contributed by atoms with Gasteiger partial charge in [-0.05, 0) is 41.3 Å². The van der Waals surface area contributed by atoms with Gasteiger partial charge in [-0.1, -0.05) is 0 Å². The van der Waals surface area contributed by atoms with Crippen LogP contribution < -0.4 is 0 Å². The van der Waals surface area contributed by atoms with E-state index >= 15 is 0 Å². The first-order valence-corrected chi connectivity index (χ1v) is 9.77. The maximum atomic E-state index is 11.6. The molecule has 1 saturated heterocycles. The third-order valence-corrected chi connectivity index (χ3v) is 6.17. The molecule has 2 unspecified atom stereocenters. The first kappa shape index (κ1) is 15.2. The molecule has 2 aromatic rings. The standard InChI is InChI=1S/C13H15BrClN3O2S/c1-8(15)12-17-11-4-10(14)5-16-13(11)18(12)6-9-2-3-21(19,20)7-9/h4-5,8-9H,2-3,6-7H2,1H3. The number of aromatic nitrogens is 3. The molecule has 0 aromatic carbocycles. The molecule has 0 N–H and O–H groups in total. The largest absolute Gasteiger partial charge is 0.311 e. The van der Waals surface area contributed by atoms with Gasteiger partial charge in [-0.25, -0.2) is 18.4 Å². The summed E-state index contributed by atoms with van der Waals surface area (Å²) in [4.78, 5) is 8.95. The maximum Gasteiger partial charge on any atom is 0.160 e. The summed E-state index contributed by atoms with van der Waals surface area (Å²) in [6.45, 7) is 2.45. The monoisotopic (exact) mass is 391 g/mol.